The van der Waals surface area contributed by atoms with E-state index in [1.165, 1.54) is 0 Å². The molecule has 0 fully saturated rings. The van der Waals surface area contributed by atoms with E-state index < -0.39 is 5.54 Å². The highest BCUT2D eigenvalue weighted by Crippen LogP contribution is 2.22. The molecule has 0 aromatic heterocycles. The van der Waals surface area contributed by atoms with Crippen molar-refractivity contribution < 1.29 is 15.3 Å². The standard InChI is InChI=1S/C11H16BrNO3/c1-11(6-14,7-15)13-5-8-4-9(12)2-3-10(8)16/h2-4,13-16H,5-7H2,1H3. The van der Waals surface area contributed by atoms with Crippen LogP contribution in [-0.4, -0.2) is 34.1 Å². The van der Waals surface area contributed by atoms with Gasteiger partial charge >= 0.3 is 0 Å². The summed E-state index contributed by atoms with van der Waals surface area (Å²) in [6.45, 7) is 1.75. The number of benzene rings is 1. The molecule has 0 saturated heterocycles. The average Bonchev–Trinajstić information content (AvgIpc) is 2.30. The molecule has 0 heterocycles. The molecule has 16 heavy (non-hydrogen) atoms. The normalized spacial score (nSPS) is 11.8. The van der Waals surface area contributed by atoms with Crippen molar-refractivity contribution in [3.8, 4) is 5.75 Å². The van der Waals surface area contributed by atoms with Gasteiger partial charge in [0.1, 0.15) is 5.75 Å². The number of hydrogen-bond acceptors (Lipinski definition) is 4. The van der Waals surface area contributed by atoms with Gasteiger partial charge in [-0.3, -0.25) is 0 Å². The van der Waals surface area contributed by atoms with Crippen LogP contribution >= 0.6 is 15.9 Å². The SMILES string of the molecule is CC(CO)(CO)NCc1cc(Br)ccc1O. The summed E-state index contributed by atoms with van der Waals surface area (Å²) in [7, 11) is 0. The van der Waals surface area contributed by atoms with Crippen molar-refractivity contribution in [2.75, 3.05) is 13.2 Å². The van der Waals surface area contributed by atoms with Crippen molar-refractivity contribution in [2.45, 2.75) is 19.0 Å². The summed E-state index contributed by atoms with van der Waals surface area (Å²) >= 11 is 3.31. The minimum Gasteiger partial charge on any atom is -0.508 e. The van der Waals surface area contributed by atoms with Gasteiger partial charge in [0, 0.05) is 16.6 Å². The summed E-state index contributed by atoms with van der Waals surface area (Å²) in [5, 5.41) is 30.8. The molecule has 0 aliphatic rings. The van der Waals surface area contributed by atoms with Crippen LogP contribution in [0.15, 0.2) is 22.7 Å². The van der Waals surface area contributed by atoms with Gasteiger partial charge in [-0.2, -0.15) is 0 Å². The van der Waals surface area contributed by atoms with E-state index in [4.69, 9.17) is 10.2 Å². The summed E-state index contributed by atoms with van der Waals surface area (Å²) in [5.41, 5.74) is -0.0307. The summed E-state index contributed by atoms with van der Waals surface area (Å²) in [4.78, 5) is 0. The van der Waals surface area contributed by atoms with Crippen LogP contribution in [0.5, 0.6) is 5.75 Å². The number of phenols is 1. The van der Waals surface area contributed by atoms with Gasteiger partial charge in [-0.1, -0.05) is 15.9 Å². The van der Waals surface area contributed by atoms with Crippen LogP contribution in [0.4, 0.5) is 0 Å². The van der Waals surface area contributed by atoms with Crippen molar-refractivity contribution in [3.05, 3.63) is 28.2 Å². The lowest BCUT2D eigenvalue weighted by Crippen LogP contribution is -2.48. The van der Waals surface area contributed by atoms with Gasteiger partial charge in [-0.25, -0.2) is 0 Å². The molecule has 0 atom stereocenters. The lowest BCUT2D eigenvalue weighted by molar-refractivity contribution is 0.103. The number of halogens is 1. The predicted molar refractivity (Wildman–Crippen MR) is 65.2 cm³/mol. The summed E-state index contributed by atoms with van der Waals surface area (Å²) in [5.74, 6) is 0.189. The molecule has 0 aliphatic carbocycles. The molecule has 5 heteroatoms. The molecule has 0 bridgehead atoms. The van der Waals surface area contributed by atoms with Gasteiger partial charge < -0.3 is 20.6 Å². The van der Waals surface area contributed by atoms with E-state index in [0.29, 0.717) is 12.1 Å². The summed E-state index contributed by atoms with van der Waals surface area (Å²) in [6, 6.07) is 5.13. The Kier molecular flexibility index (Phi) is 4.73. The summed E-state index contributed by atoms with van der Waals surface area (Å²) in [6.07, 6.45) is 0. The molecule has 0 radical (unpaired) electrons. The first kappa shape index (κ1) is 13.4. The second kappa shape index (κ2) is 5.63. The third-order valence-corrected chi connectivity index (χ3v) is 2.94. The van der Waals surface area contributed by atoms with Crippen LogP contribution in [-0.2, 0) is 6.54 Å². The van der Waals surface area contributed by atoms with Gasteiger partial charge in [-0.15, -0.1) is 0 Å². The number of aliphatic hydroxyl groups excluding tert-OH is 2. The minimum absolute atomic E-state index is 0.168. The predicted octanol–water partition coefficient (Wildman–Crippen LogP) is 0.988. The molecular weight excluding hydrogens is 274 g/mol. The van der Waals surface area contributed by atoms with E-state index in [9.17, 15) is 5.11 Å². The van der Waals surface area contributed by atoms with Gasteiger partial charge in [0.15, 0.2) is 0 Å². The van der Waals surface area contributed by atoms with Crippen LogP contribution < -0.4 is 5.32 Å². The number of hydrogen-bond donors (Lipinski definition) is 4. The van der Waals surface area contributed by atoms with E-state index in [2.05, 4.69) is 21.2 Å². The van der Waals surface area contributed by atoms with E-state index in [1.54, 1.807) is 25.1 Å². The molecule has 0 saturated carbocycles. The maximum Gasteiger partial charge on any atom is 0.120 e. The number of rotatable bonds is 5. The lowest BCUT2D eigenvalue weighted by atomic mass is 10.0. The summed E-state index contributed by atoms with van der Waals surface area (Å²) < 4.78 is 0.872. The van der Waals surface area contributed by atoms with Crippen LogP contribution in [0, 0.1) is 0 Å². The third-order valence-electron chi connectivity index (χ3n) is 2.45. The maximum atomic E-state index is 9.59. The molecule has 1 aromatic rings. The van der Waals surface area contributed by atoms with Crippen molar-refractivity contribution in [1.82, 2.24) is 5.32 Å². The van der Waals surface area contributed by atoms with Crippen LogP contribution in [0.3, 0.4) is 0 Å². The van der Waals surface area contributed by atoms with Crippen LogP contribution in [0.25, 0.3) is 0 Å². The fourth-order valence-corrected chi connectivity index (χ4v) is 1.57. The topological polar surface area (TPSA) is 72.7 Å². The molecule has 0 spiro atoms. The molecule has 4 nitrogen and oxygen atoms in total. The first-order chi connectivity index (χ1) is 7.50. The van der Waals surface area contributed by atoms with Gasteiger partial charge in [-0.05, 0) is 25.1 Å². The molecule has 0 amide bonds. The first-order valence-corrected chi connectivity index (χ1v) is 5.74. The van der Waals surface area contributed by atoms with Crippen molar-refractivity contribution in [2.24, 2.45) is 0 Å². The van der Waals surface area contributed by atoms with Crippen molar-refractivity contribution in [1.29, 1.82) is 0 Å². The van der Waals surface area contributed by atoms with Gasteiger partial charge in [0.2, 0.25) is 0 Å². The van der Waals surface area contributed by atoms with Crippen molar-refractivity contribution >= 4 is 15.9 Å². The minimum atomic E-state index is -0.741. The highest BCUT2D eigenvalue weighted by molar-refractivity contribution is 9.10. The Hall–Kier alpha value is -0.620. The molecule has 4 N–H and O–H groups in total. The van der Waals surface area contributed by atoms with E-state index in [0.717, 1.165) is 4.47 Å². The van der Waals surface area contributed by atoms with E-state index >= 15 is 0 Å². The van der Waals surface area contributed by atoms with Gasteiger partial charge in [0.25, 0.3) is 0 Å². The Morgan fingerprint density at radius 2 is 1.94 bits per heavy atom. The Bertz CT molecular complexity index is 353. The highest BCUT2D eigenvalue weighted by atomic mass is 79.9. The zero-order valence-electron chi connectivity index (χ0n) is 9.07. The van der Waals surface area contributed by atoms with Crippen molar-refractivity contribution in [3.63, 3.8) is 0 Å². The third kappa shape index (κ3) is 3.45. The molecule has 1 rings (SSSR count). The second-order valence-electron chi connectivity index (χ2n) is 4.00. The zero-order valence-corrected chi connectivity index (χ0v) is 10.7. The Morgan fingerprint density at radius 1 is 1.31 bits per heavy atom. The molecule has 90 valence electrons. The molecule has 1 aromatic carbocycles. The molecular formula is C11H16BrNO3. The molecule has 0 aliphatic heterocycles. The zero-order chi connectivity index (χ0) is 12.2. The smallest absolute Gasteiger partial charge is 0.120 e. The second-order valence-corrected chi connectivity index (χ2v) is 4.92. The first-order valence-electron chi connectivity index (χ1n) is 4.95. The number of nitrogens with one attached hydrogen (secondary N) is 1. The monoisotopic (exact) mass is 289 g/mol. The fraction of sp³-hybridized carbons (Fsp3) is 0.455. The van der Waals surface area contributed by atoms with E-state index in [1.807, 2.05) is 0 Å². The Morgan fingerprint density at radius 3 is 2.50 bits per heavy atom. The quantitative estimate of drug-likeness (QED) is 0.652. The Labute approximate surface area is 103 Å². The number of aromatic hydroxyl groups is 1. The molecule has 0 unspecified atom stereocenters. The largest absolute Gasteiger partial charge is 0.508 e. The fourth-order valence-electron chi connectivity index (χ4n) is 1.17. The average molecular weight is 290 g/mol. The Balaban J connectivity index is 2.70. The number of phenolic OH excluding ortho intramolecular Hbond substituents is 1. The lowest BCUT2D eigenvalue weighted by Gasteiger charge is -2.26. The van der Waals surface area contributed by atoms with Crippen LogP contribution in [0.2, 0.25) is 0 Å². The van der Waals surface area contributed by atoms with Gasteiger partial charge in [0.05, 0.1) is 18.8 Å². The highest BCUT2D eigenvalue weighted by Gasteiger charge is 2.21. The van der Waals surface area contributed by atoms with Crippen LogP contribution in [0.1, 0.15) is 12.5 Å². The number of aliphatic hydroxyl groups is 2. The van der Waals surface area contributed by atoms with E-state index in [-0.39, 0.29) is 19.0 Å². The maximum absolute atomic E-state index is 9.59.